The van der Waals surface area contributed by atoms with Gasteiger partial charge in [-0.15, -0.1) is 0 Å². The molecule has 2 fully saturated rings. The van der Waals surface area contributed by atoms with Gasteiger partial charge in [0.05, 0.1) is 25.9 Å². The minimum Gasteiger partial charge on any atom is -0.376 e. The van der Waals surface area contributed by atoms with E-state index in [2.05, 4.69) is 33.1 Å². The van der Waals surface area contributed by atoms with E-state index in [0.717, 1.165) is 31.9 Å². The Bertz CT molecular complexity index is 653. The summed E-state index contributed by atoms with van der Waals surface area (Å²) in [4.78, 5) is 10.8. The number of nitrogens with zero attached hydrogens (tertiary/aromatic N) is 3. The first kappa shape index (κ1) is 16.6. The van der Waals surface area contributed by atoms with Crippen molar-refractivity contribution in [3.05, 3.63) is 60.2 Å². The average molecular weight is 339 g/mol. The average Bonchev–Trinajstić information content (AvgIpc) is 3.08. The van der Waals surface area contributed by atoms with Gasteiger partial charge in [0.2, 0.25) is 0 Å². The summed E-state index contributed by atoms with van der Waals surface area (Å²) >= 11 is 0. The van der Waals surface area contributed by atoms with Crippen molar-refractivity contribution < 1.29 is 9.47 Å². The molecule has 0 radical (unpaired) electrons. The molecule has 25 heavy (non-hydrogen) atoms. The predicted octanol–water partition coefficient (Wildman–Crippen LogP) is 2.67. The fraction of sp³-hybridized carbons (Fsp3) is 0.500. The Kier molecular flexibility index (Phi) is 5.35. The lowest BCUT2D eigenvalue weighted by atomic mass is 10.0. The van der Waals surface area contributed by atoms with Gasteiger partial charge >= 0.3 is 0 Å². The summed E-state index contributed by atoms with van der Waals surface area (Å²) in [6.07, 6.45) is 10.1. The molecule has 1 saturated heterocycles. The highest BCUT2D eigenvalue weighted by Crippen LogP contribution is 2.35. The first-order valence-electron chi connectivity index (χ1n) is 9.11. The second-order valence-corrected chi connectivity index (χ2v) is 6.94. The number of ether oxygens (including phenoxy) is 2. The molecule has 1 saturated carbocycles. The van der Waals surface area contributed by atoms with E-state index < -0.39 is 0 Å². The van der Waals surface area contributed by atoms with Crippen LogP contribution in [0.25, 0.3) is 0 Å². The fourth-order valence-corrected chi connectivity index (χ4v) is 4.05. The van der Waals surface area contributed by atoms with Gasteiger partial charge in [0, 0.05) is 49.8 Å². The van der Waals surface area contributed by atoms with Crippen LogP contribution in [0.2, 0.25) is 0 Å². The monoisotopic (exact) mass is 339 g/mol. The SMILES string of the molecule is c1cncc(COC[C@@H]2CC[C@H]3[C@H]2OCCN3Cc2ccncc2)c1. The first-order chi connectivity index (χ1) is 12.4. The molecule has 5 heteroatoms. The van der Waals surface area contributed by atoms with Crippen molar-refractivity contribution in [3.8, 4) is 0 Å². The Morgan fingerprint density at radius 2 is 2.00 bits per heavy atom. The molecule has 0 amide bonds. The molecule has 0 N–H and O–H groups in total. The summed E-state index contributed by atoms with van der Waals surface area (Å²) in [7, 11) is 0. The summed E-state index contributed by atoms with van der Waals surface area (Å²) in [5, 5.41) is 0. The van der Waals surface area contributed by atoms with Crippen LogP contribution in [0.15, 0.2) is 49.1 Å². The molecule has 2 aromatic rings. The number of fused-ring (bicyclic) bond motifs is 1. The smallest absolute Gasteiger partial charge is 0.0781 e. The van der Waals surface area contributed by atoms with E-state index in [9.17, 15) is 0 Å². The van der Waals surface area contributed by atoms with Crippen LogP contribution in [0.3, 0.4) is 0 Å². The van der Waals surface area contributed by atoms with E-state index in [1.54, 1.807) is 6.20 Å². The van der Waals surface area contributed by atoms with Crippen molar-refractivity contribution in [1.29, 1.82) is 0 Å². The third-order valence-electron chi connectivity index (χ3n) is 5.29. The zero-order chi connectivity index (χ0) is 16.9. The summed E-state index contributed by atoms with van der Waals surface area (Å²) < 4.78 is 12.1. The Balaban J connectivity index is 1.31. The number of pyridine rings is 2. The lowest BCUT2D eigenvalue weighted by molar-refractivity contribution is -0.0891. The second kappa shape index (κ2) is 8.04. The first-order valence-corrected chi connectivity index (χ1v) is 9.11. The third kappa shape index (κ3) is 4.06. The highest BCUT2D eigenvalue weighted by atomic mass is 16.5. The molecule has 132 valence electrons. The van der Waals surface area contributed by atoms with Crippen LogP contribution in [0.5, 0.6) is 0 Å². The van der Waals surface area contributed by atoms with E-state index >= 15 is 0 Å². The number of morpholine rings is 1. The molecular weight excluding hydrogens is 314 g/mol. The lowest BCUT2D eigenvalue weighted by Gasteiger charge is -2.39. The van der Waals surface area contributed by atoms with E-state index in [-0.39, 0.29) is 0 Å². The maximum Gasteiger partial charge on any atom is 0.0781 e. The highest BCUT2D eigenvalue weighted by molar-refractivity contribution is 5.11. The second-order valence-electron chi connectivity index (χ2n) is 6.94. The van der Waals surface area contributed by atoms with Gasteiger partial charge < -0.3 is 9.47 Å². The Hall–Kier alpha value is -1.82. The zero-order valence-corrected chi connectivity index (χ0v) is 14.5. The van der Waals surface area contributed by atoms with E-state index in [4.69, 9.17) is 9.47 Å². The normalized spacial score (nSPS) is 26.5. The number of hydrogen-bond acceptors (Lipinski definition) is 5. The van der Waals surface area contributed by atoms with Crippen molar-refractivity contribution in [3.63, 3.8) is 0 Å². The predicted molar refractivity (Wildman–Crippen MR) is 94.8 cm³/mol. The molecule has 5 nitrogen and oxygen atoms in total. The van der Waals surface area contributed by atoms with Crippen LogP contribution >= 0.6 is 0 Å². The van der Waals surface area contributed by atoms with Crippen molar-refractivity contribution in [2.24, 2.45) is 5.92 Å². The number of hydrogen-bond donors (Lipinski definition) is 0. The van der Waals surface area contributed by atoms with Crippen LogP contribution in [0.4, 0.5) is 0 Å². The third-order valence-corrected chi connectivity index (χ3v) is 5.29. The Morgan fingerprint density at radius 3 is 2.84 bits per heavy atom. The molecule has 0 unspecified atom stereocenters. The van der Waals surface area contributed by atoms with Crippen molar-refractivity contribution in [1.82, 2.24) is 14.9 Å². The largest absolute Gasteiger partial charge is 0.376 e. The van der Waals surface area contributed by atoms with Gasteiger partial charge in [-0.1, -0.05) is 6.07 Å². The zero-order valence-electron chi connectivity index (χ0n) is 14.5. The Labute approximate surface area is 149 Å². The standard InChI is InChI=1S/C20H25N3O2/c1-2-17(12-22-7-1)14-24-15-18-3-4-19-20(18)25-11-10-23(19)13-16-5-8-21-9-6-16/h1-2,5-9,12,18-20H,3-4,10-11,13-15H2/t18-,19-,20-/m0/s1. The molecule has 3 heterocycles. The van der Waals surface area contributed by atoms with Crippen molar-refractivity contribution in [2.75, 3.05) is 19.8 Å². The van der Waals surface area contributed by atoms with Crippen LogP contribution in [-0.4, -0.2) is 46.8 Å². The van der Waals surface area contributed by atoms with Crippen LogP contribution in [-0.2, 0) is 22.6 Å². The Morgan fingerprint density at radius 1 is 1.08 bits per heavy atom. The molecule has 4 rings (SSSR count). The molecule has 0 spiro atoms. The van der Waals surface area contributed by atoms with Crippen molar-refractivity contribution in [2.45, 2.75) is 38.1 Å². The molecule has 0 bridgehead atoms. The van der Waals surface area contributed by atoms with Gasteiger partial charge in [0.1, 0.15) is 0 Å². The van der Waals surface area contributed by atoms with Gasteiger partial charge in [0.25, 0.3) is 0 Å². The maximum atomic E-state index is 6.14. The summed E-state index contributed by atoms with van der Waals surface area (Å²) in [5.74, 6) is 0.488. The van der Waals surface area contributed by atoms with Gasteiger partial charge in [-0.3, -0.25) is 14.9 Å². The van der Waals surface area contributed by atoms with Crippen LogP contribution < -0.4 is 0 Å². The van der Waals surface area contributed by atoms with Gasteiger partial charge in [-0.25, -0.2) is 0 Å². The van der Waals surface area contributed by atoms with E-state index in [0.29, 0.717) is 24.7 Å². The van der Waals surface area contributed by atoms with E-state index in [1.165, 1.54) is 18.4 Å². The quantitative estimate of drug-likeness (QED) is 0.810. The summed E-state index contributed by atoms with van der Waals surface area (Å²) in [6.45, 7) is 4.19. The number of rotatable bonds is 6. The molecule has 2 aromatic heterocycles. The minimum atomic E-state index is 0.296. The number of aromatic nitrogens is 2. The lowest BCUT2D eigenvalue weighted by Crippen LogP contribution is -2.50. The van der Waals surface area contributed by atoms with Gasteiger partial charge in [-0.05, 0) is 42.2 Å². The fourth-order valence-electron chi connectivity index (χ4n) is 4.05. The molecule has 0 aromatic carbocycles. The molecule has 3 atom stereocenters. The molecule has 2 aliphatic rings. The van der Waals surface area contributed by atoms with Crippen LogP contribution in [0.1, 0.15) is 24.0 Å². The van der Waals surface area contributed by atoms with Gasteiger partial charge in [0.15, 0.2) is 0 Å². The molecule has 1 aliphatic heterocycles. The van der Waals surface area contributed by atoms with Crippen molar-refractivity contribution >= 4 is 0 Å². The van der Waals surface area contributed by atoms with Gasteiger partial charge in [-0.2, -0.15) is 0 Å². The minimum absolute atomic E-state index is 0.296. The molecule has 1 aliphatic carbocycles. The summed E-state index contributed by atoms with van der Waals surface area (Å²) in [5.41, 5.74) is 2.45. The van der Waals surface area contributed by atoms with E-state index in [1.807, 2.05) is 24.7 Å². The summed E-state index contributed by atoms with van der Waals surface area (Å²) in [6, 6.07) is 8.72. The van der Waals surface area contributed by atoms with Crippen LogP contribution in [0, 0.1) is 5.92 Å². The molecular formula is C20H25N3O2. The highest BCUT2D eigenvalue weighted by Gasteiger charge is 2.42. The maximum absolute atomic E-state index is 6.14. The topological polar surface area (TPSA) is 47.5 Å².